The summed E-state index contributed by atoms with van der Waals surface area (Å²) in [6.07, 6.45) is 3.54. The maximum Gasteiger partial charge on any atom is 0.257 e. The van der Waals surface area contributed by atoms with Gasteiger partial charge in [-0.2, -0.15) is 0 Å². The predicted molar refractivity (Wildman–Crippen MR) is 121 cm³/mol. The Kier molecular flexibility index (Phi) is 4.61. The number of para-hydroxylation sites is 1. The monoisotopic (exact) mass is 447 g/mol. The van der Waals surface area contributed by atoms with Crippen LogP contribution in [0.4, 0.5) is 10.8 Å². The quantitative estimate of drug-likeness (QED) is 0.653. The van der Waals surface area contributed by atoms with E-state index in [0.29, 0.717) is 22.2 Å². The summed E-state index contributed by atoms with van der Waals surface area (Å²) in [6.45, 7) is 0.899. The summed E-state index contributed by atoms with van der Waals surface area (Å²) >= 11 is 1.45. The van der Waals surface area contributed by atoms with Crippen LogP contribution in [0.2, 0.25) is 0 Å². The van der Waals surface area contributed by atoms with Gasteiger partial charge in [-0.05, 0) is 55.5 Å². The fraction of sp³-hybridized carbons (Fsp3) is 0.292. The number of ether oxygens (including phenoxy) is 2. The lowest BCUT2D eigenvalue weighted by molar-refractivity contribution is -0.120. The van der Waals surface area contributed by atoms with Crippen molar-refractivity contribution in [3.8, 4) is 11.5 Å². The number of aryl methyl sites for hydroxylation is 2. The van der Waals surface area contributed by atoms with Gasteiger partial charge in [0.25, 0.3) is 5.91 Å². The van der Waals surface area contributed by atoms with Crippen molar-refractivity contribution in [1.29, 1.82) is 0 Å². The molecule has 1 aliphatic carbocycles. The molecule has 162 valence electrons. The normalized spacial score (nSPS) is 18.2. The third-order valence-corrected chi connectivity index (χ3v) is 7.29. The van der Waals surface area contributed by atoms with Gasteiger partial charge in [0, 0.05) is 22.7 Å². The van der Waals surface area contributed by atoms with Crippen LogP contribution < -0.4 is 19.7 Å². The fourth-order valence-corrected chi connectivity index (χ4v) is 5.71. The lowest BCUT2D eigenvalue weighted by Gasteiger charge is -2.31. The summed E-state index contributed by atoms with van der Waals surface area (Å²) in [7, 11) is 0. The molecule has 3 aromatic rings. The van der Waals surface area contributed by atoms with Gasteiger partial charge in [0.05, 0.1) is 11.6 Å². The number of anilines is 2. The second kappa shape index (κ2) is 7.63. The second-order valence-corrected chi connectivity index (χ2v) is 9.25. The molecule has 2 amide bonds. The highest BCUT2D eigenvalue weighted by molar-refractivity contribution is 7.16. The summed E-state index contributed by atoms with van der Waals surface area (Å²) in [6, 6.07) is 13.2. The van der Waals surface area contributed by atoms with Crippen LogP contribution in [0.5, 0.6) is 11.5 Å². The Labute approximate surface area is 189 Å². The average molecular weight is 448 g/mol. The highest BCUT2D eigenvalue weighted by atomic mass is 32.1. The topological polar surface area (TPSA) is 80.8 Å². The minimum atomic E-state index is -0.261. The summed E-state index contributed by atoms with van der Waals surface area (Å²) in [5.41, 5.74) is 3.52. The molecule has 6 rings (SSSR count). The molecule has 0 spiro atoms. The lowest BCUT2D eigenvalue weighted by Crippen LogP contribution is -2.38. The van der Waals surface area contributed by atoms with Gasteiger partial charge in [0.15, 0.2) is 16.6 Å². The molecule has 0 saturated carbocycles. The van der Waals surface area contributed by atoms with Crippen LogP contribution in [0.1, 0.15) is 45.3 Å². The van der Waals surface area contributed by atoms with Crippen molar-refractivity contribution in [2.24, 2.45) is 0 Å². The fourth-order valence-electron chi connectivity index (χ4n) is 4.68. The Morgan fingerprint density at radius 1 is 1.09 bits per heavy atom. The van der Waals surface area contributed by atoms with Crippen LogP contribution in [0, 0.1) is 0 Å². The van der Waals surface area contributed by atoms with Gasteiger partial charge < -0.3 is 14.4 Å². The van der Waals surface area contributed by atoms with Crippen molar-refractivity contribution < 1.29 is 19.1 Å². The van der Waals surface area contributed by atoms with Crippen LogP contribution in [-0.4, -0.2) is 30.1 Å². The van der Waals surface area contributed by atoms with Crippen LogP contribution in [0.15, 0.2) is 42.5 Å². The Bertz CT molecular complexity index is 1240. The number of carbonyl (C=O) groups excluding carboxylic acids is 2. The number of fused-ring (bicyclic) bond motifs is 3. The third kappa shape index (κ3) is 3.22. The Balaban J connectivity index is 1.21. The SMILES string of the molecule is O=C(Nc1nc2c(s1)CCC2C(=O)N1CCCc2ccccc21)c1ccc2c(c1)OCO2. The molecule has 1 N–H and O–H groups in total. The molecular formula is C24H21N3O4S. The van der Waals surface area contributed by atoms with E-state index >= 15 is 0 Å². The zero-order valence-electron chi connectivity index (χ0n) is 17.3. The molecule has 8 heteroatoms. The molecule has 0 fully saturated rings. The maximum absolute atomic E-state index is 13.5. The molecule has 1 atom stereocenters. The van der Waals surface area contributed by atoms with Crippen LogP contribution in [0.25, 0.3) is 0 Å². The van der Waals surface area contributed by atoms with Crippen molar-refractivity contribution in [2.75, 3.05) is 23.6 Å². The third-order valence-electron chi connectivity index (χ3n) is 6.25. The molecule has 2 aliphatic heterocycles. The van der Waals surface area contributed by atoms with E-state index in [4.69, 9.17) is 9.47 Å². The van der Waals surface area contributed by atoms with Gasteiger partial charge in [-0.25, -0.2) is 4.98 Å². The predicted octanol–water partition coefficient (Wildman–Crippen LogP) is 4.13. The van der Waals surface area contributed by atoms with E-state index in [-0.39, 0.29) is 24.5 Å². The molecule has 3 heterocycles. The summed E-state index contributed by atoms with van der Waals surface area (Å²) in [4.78, 5) is 33.9. The van der Waals surface area contributed by atoms with E-state index in [9.17, 15) is 9.59 Å². The molecule has 1 aromatic heterocycles. The molecule has 0 saturated heterocycles. The number of thiazole rings is 1. The standard InChI is InChI=1S/C24H21N3O4S/c28-22(15-7-9-18-19(12-15)31-13-30-18)26-24-25-21-16(8-10-20(21)32-24)23(29)27-11-3-5-14-4-1-2-6-17(14)27/h1-2,4,6-7,9,12,16H,3,5,8,10-11,13H2,(H,25,26,28). The molecule has 3 aliphatic rings. The zero-order chi connectivity index (χ0) is 21.7. The summed E-state index contributed by atoms with van der Waals surface area (Å²) in [5.74, 6) is 0.782. The molecule has 7 nitrogen and oxygen atoms in total. The van der Waals surface area contributed by atoms with Gasteiger partial charge in [-0.3, -0.25) is 14.9 Å². The highest BCUT2D eigenvalue weighted by Crippen LogP contribution is 2.41. The average Bonchev–Trinajstić information content (AvgIpc) is 3.53. The Morgan fingerprint density at radius 2 is 1.97 bits per heavy atom. The summed E-state index contributed by atoms with van der Waals surface area (Å²) < 4.78 is 10.7. The van der Waals surface area contributed by atoms with Gasteiger partial charge >= 0.3 is 0 Å². The first-order chi connectivity index (χ1) is 15.7. The van der Waals surface area contributed by atoms with Crippen molar-refractivity contribution in [2.45, 2.75) is 31.6 Å². The highest BCUT2D eigenvalue weighted by Gasteiger charge is 2.37. The van der Waals surface area contributed by atoms with Crippen molar-refractivity contribution in [3.63, 3.8) is 0 Å². The lowest BCUT2D eigenvalue weighted by atomic mass is 9.98. The number of nitrogens with zero attached hydrogens (tertiary/aromatic N) is 2. The van der Waals surface area contributed by atoms with E-state index < -0.39 is 0 Å². The maximum atomic E-state index is 13.5. The minimum Gasteiger partial charge on any atom is -0.454 e. The van der Waals surface area contributed by atoms with E-state index in [1.54, 1.807) is 18.2 Å². The first-order valence-electron chi connectivity index (χ1n) is 10.8. The molecule has 2 aromatic carbocycles. The number of carbonyl (C=O) groups is 2. The van der Waals surface area contributed by atoms with Gasteiger partial charge in [-0.15, -0.1) is 11.3 Å². The molecule has 0 bridgehead atoms. The van der Waals surface area contributed by atoms with E-state index in [1.165, 1.54) is 16.9 Å². The summed E-state index contributed by atoms with van der Waals surface area (Å²) in [5, 5.41) is 3.40. The van der Waals surface area contributed by atoms with E-state index in [0.717, 1.165) is 48.5 Å². The number of hydrogen-bond acceptors (Lipinski definition) is 6. The van der Waals surface area contributed by atoms with E-state index in [1.807, 2.05) is 23.1 Å². The number of nitrogens with one attached hydrogen (secondary N) is 1. The Morgan fingerprint density at radius 3 is 2.91 bits per heavy atom. The van der Waals surface area contributed by atoms with Gasteiger partial charge in [0.2, 0.25) is 12.7 Å². The number of hydrogen-bond donors (Lipinski definition) is 1. The molecule has 32 heavy (non-hydrogen) atoms. The molecule has 0 radical (unpaired) electrons. The smallest absolute Gasteiger partial charge is 0.257 e. The van der Waals surface area contributed by atoms with Crippen molar-refractivity contribution in [3.05, 3.63) is 64.2 Å². The number of aromatic nitrogens is 1. The second-order valence-electron chi connectivity index (χ2n) is 8.16. The minimum absolute atomic E-state index is 0.106. The molecule has 1 unspecified atom stereocenters. The van der Waals surface area contributed by atoms with Crippen molar-refractivity contribution >= 4 is 34.0 Å². The number of benzene rings is 2. The van der Waals surface area contributed by atoms with Crippen LogP contribution in [0.3, 0.4) is 0 Å². The zero-order valence-corrected chi connectivity index (χ0v) is 18.1. The van der Waals surface area contributed by atoms with Gasteiger partial charge in [-0.1, -0.05) is 18.2 Å². The first-order valence-corrected chi connectivity index (χ1v) is 11.6. The number of amides is 2. The Hall–Kier alpha value is -3.39. The van der Waals surface area contributed by atoms with Crippen LogP contribution >= 0.6 is 11.3 Å². The largest absolute Gasteiger partial charge is 0.454 e. The molecular weight excluding hydrogens is 426 g/mol. The number of rotatable bonds is 3. The van der Waals surface area contributed by atoms with E-state index in [2.05, 4.69) is 16.4 Å². The van der Waals surface area contributed by atoms with Crippen LogP contribution in [-0.2, 0) is 17.6 Å². The first kappa shape index (κ1) is 19.3. The van der Waals surface area contributed by atoms with Crippen molar-refractivity contribution in [1.82, 2.24) is 4.98 Å². The van der Waals surface area contributed by atoms with Gasteiger partial charge in [0.1, 0.15) is 0 Å².